The lowest BCUT2D eigenvalue weighted by atomic mass is 9.89. The number of esters is 1. The summed E-state index contributed by atoms with van der Waals surface area (Å²) in [6.07, 6.45) is 0.703. The van der Waals surface area contributed by atoms with Crippen molar-refractivity contribution in [3.63, 3.8) is 0 Å². The van der Waals surface area contributed by atoms with Crippen molar-refractivity contribution >= 4 is 29.8 Å². The van der Waals surface area contributed by atoms with Gasteiger partial charge in [0, 0.05) is 6.42 Å². The number of rotatable bonds is 9. The van der Waals surface area contributed by atoms with Crippen LogP contribution >= 0.6 is 0 Å². The van der Waals surface area contributed by atoms with Crippen LogP contribution in [0.2, 0.25) is 0 Å². The molecule has 0 spiro atoms. The number of hydrogen-bond acceptors (Lipinski definition) is 9. The lowest BCUT2D eigenvalue weighted by Gasteiger charge is -2.40. The van der Waals surface area contributed by atoms with Gasteiger partial charge in [-0.1, -0.05) is 13.8 Å². The highest BCUT2D eigenvalue weighted by Crippen LogP contribution is 2.31. The summed E-state index contributed by atoms with van der Waals surface area (Å²) in [5.74, 6) is -4.95. The first-order chi connectivity index (χ1) is 13.0. The molecule has 0 bridgehead atoms. The van der Waals surface area contributed by atoms with E-state index in [1.807, 2.05) is 0 Å². The second-order valence-corrected chi connectivity index (χ2v) is 5.93. The summed E-state index contributed by atoms with van der Waals surface area (Å²) in [5, 5.41) is 36.4. The number of nitrogens with zero attached hydrogens (tertiary/aromatic N) is 1. The first kappa shape index (κ1) is 28.4. The second-order valence-electron chi connectivity index (χ2n) is 5.93. The van der Waals surface area contributed by atoms with Crippen LogP contribution in [0.15, 0.2) is 0 Å². The van der Waals surface area contributed by atoms with Gasteiger partial charge in [-0.2, -0.15) is 0 Å². The van der Waals surface area contributed by atoms with Gasteiger partial charge >= 0.3 is 29.8 Å². The smallest absolute Gasteiger partial charge is 0.326 e. The van der Waals surface area contributed by atoms with Crippen molar-refractivity contribution in [3.8, 4) is 0 Å². The summed E-state index contributed by atoms with van der Waals surface area (Å²) >= 11 is 0. The van der Waals surface area contributed by atoms with E-state index in [0.29, 0.717) is 12.8 Å². The molecule has 1 aliphatic rings. The molecular weight excluding hydrogens is 394 g/mol. The number of carboxylic acid groups (broad SMARTS) is 4. The molecule has 0 aromatic heterocycles. The van der Waals surface area contributed by atoms with E-state index in [0.717, 1.165) is 0 Å². The van der Waals surface area contributed by atoms with E-state index >= 15 is 0 Å². The molecule has 1 unspecified atom stereocenters. The van der Waals surface area contributed by atoms with Gasteiger partial charge in [-0.05, 0) is 12.8 Å². The van der Waals surface area contributed by atoms with Crippen LogP contribution in [0.3, 0.4) is 0 Å². The molecule has 13 heteroatoms. The van der Waals surface area contributed by atoms with Gasteiger partial charge in [-0.25, -0.2) is 0 Å². The maximum absolute atomic E-state index is 12.1. The lowest BCUT2D eigenvalue weighted by molar-refractivity contribution is -0.161. The number of carbonyl (C=O) groups excluding carboxylic acids is 1. The Bertz CT molecular complexity index is 577. The summed E-state index contributed by atoms with van der Waals surface area (Å²) in [6.45, 7) is 2.33. The maximum atomic E-state index is 12.1. The highest BCUT2D eigenvalue weighted by Gasteiger charge is 2.49. The zero-order valence-electron chi connectivity index (χ0n) is 16.4. The molecular formula is C16H29N3O10. The van der Waals surface area contributed by atoms with Gasteiger partial charge in [0.15, 0.2) is 0 Å². The molecule has 1 heterocycles. The van der Waals surface area contributed by atoms with Crippen molar-refractivity contribution in [2.45, 2.75) is 44.7 Å². The van der Waals surface area contributed by atoms with Gasteiger partial charge in [-0.3, -0.25) is 34.2 Å². The third-order valence-electron chi connectivity index (χ3n) is 4.24. The normalized spacial score (nSPS) is 18.1. The monoisotopic (exact) mass is 423 g/mol. The van der Waals surface area contributed by atoms with Crippen molar-refractivity contribution in [1.29, 1.82) is 0 Å². The van der Waals surface area contributed by atoms with Crippen molar-refractivity contribution < 1.29 is 49.1 Å². The quantitative estimate of drug-likeness (QED) is 0.251. The zero-order valence-corrected chi connectivity index (χ0v) is 16.4. The number of ether oxygens (including phenoxy) is 1. The number of aliphatic carboxylic acids is 4. The Morgan fingerprint density at radius 1 is 1.03 bits per heavy atom. The summed E-state index contributed by atoms with van der Waals surface area (Å²) in [7, 11) is 0. The lowest BCUT2D eigenvalue weighted by Crippen LogP contribution is -2.60. The standard InChI is InChI=1S/C12H19NO6.C4H7NO4.H3N/c1-3-12(4-2)11(18)19-6-5-8(10(16)17)13(12)7-9(14)15;6-3(7)1-5-2-4(8)9;/h8H,3-7H2,1-2H3,(H,14,15)(H,16,17);5H,1-2H2,(H,6,7)(H,8,9);1H3. The molecule has 0 aromatic carbocycles. The average molecular weight is 423 g/mol. The highest BCUT2D eigenvalue weighted by molar-refractivity contribution is 5.85. The highest BCUT2D eigenvalue weighted by atomic mass is 16.5. The molecule has 29 heavy (non-hydrogen) atoms. The Morgan fingerprint density at radius 3 is 1.86 bits per heavy atom. The first-order valence-electron chi connectivity index (χ1n) is 8.54. The van der Waals surface area contributed by atoms with Gasteiger partial charge in [-0.15, -0.1) is 0 Å². The van der Waals surface area contributed by atoms with E-state index in [2.05, 4.69) is 5.32 Å². The van der Waals surface area contributed by atoms with E-state index in [-0.39, 0.29) is 32.3 Å². The van der Waals surface area contributed by atoms with E-state index in [4.69, 9.17) is 20.1 Å². The molecule has 0 aliphatic carbocycles. The van der Waals surface area contributed by atoms with Crippen molar-refractivity contribution in [2.24, 2.45) is 0 Å². The van der Waals surface area contributed by atoms with Gasteiger partial charge in [0.1, 0.15) is 11.6 Å². The fraction of sp³-hybridized carbons (Fsp3) is 0.688. The fourth-order valence-electron chi connectivity index (χ4n) is 2.85. The second kappa shape index (κ2) is 13.4. The molecule has 0 saturated carbocycles. The Kier molecular flexibility index (Phi) is 13.2. The number of nitrogens with one attached hydrogen (secondary N) is 1. The topological polar surface area (TPSA) is 226 Å². The third kappa shape index (κ3) is 8.85. The SMILES string of the molecule is CCC1(CC)C(=O)OCCC(C(=O)O)N1CC(=O)O.N.O=C(O)CNCC(=O)O. The maximum Gasteiger partial charge on any atom is 0.326 e. The summed E-state index contributed by atoms with van der Waals surface area (Å²) < 4.78 is 5.06. The third-order valence-corrected chi connectivity index (χ3v) is 4.24. The Hall–Kier alpha value is -2.77. The summed E-state index contributed by atoms with van der Waals surface area (Å²) in [5.41, 5.74) is -1.18. The van der Waals surface area contributed by atoms with Gasteiger partial charge in [0.05, 0.1) is 26.2 Å². The zero-order chi connectivity index (χ0) is 21.9. The number of cyclic esters (lactones) is 1. The predicted octanol–water partition coefficient (Wildman–Crippen LogP) is -0.761. The number of carbonyl (C=O) groups is 5. The van der Waals surface area contributed by atoms with Crippen LogP contribution in [-0.2, 0) is 28.7 Å². The van der Waals surface area contributed by atoms with Crippen LogP contribution in [0.5, 0.6) is 0 Å². The molecule has 0 aromatic rings. The number of carboxylic acids is 4. The van der Waals surface area contributed by atoms with E-state index in [1.165, 1.54) is 4.90 Å². The molecule has 1 saturated heterocycles. The minimum atomic E-state index is -1.18. The Labute approximate surface area is 167 Å². The van der Waals surface area contributed by atoms with Crippen LogP contribution < -0.4 is 11.5 Å². The molecule has 1 atom stereocenters. The van der Waals surface area contributed by atoms with Gasteiger partial charge < -0.3 is 31.3 Å². The summed E-state index contributed by atoms with van der Waals surface area (Å²) in [6, 6.07) is -1.03. The molecule has 8 N–H and O–H groups in total. The van der Waals surface area contributed by atoms with Gasteiger partial charge in [0.2, 0.25) is 0 Å². The molecule has 1 rings (SSSR count). The van der Waals surface area contributed by atoms with Crippen LogP contribution in [-0.4, -0.2) is 93.0 Å². The first-order valence-corrected chi connectivity index (χ1v) is 8.54. The molecule has 1 fully saturated rings. The molecule has 13 nitrogen and oxygen atoms in total. The minimum absolute atomic E-state index is 0. The minimum Gasteiger partial charge on any atom is -0.480 e. The summed E-state index contributed by atoms with van der Waals surface area (Å²) in [4.78, 5) is 55.1. The molecule has 0 amide bonds. The average Bonchev–Trinajstić information content (AvgIpc) is 2.71. The molecule has 1 aliphatic heterocycles. The molecule has 0 radical (unpaired) electrons. The largest absolute Gasteiger partial charge is 0.480 e. The van der Waals surface area contributed by atoms with Gasteiger partial charge in [0.25, 0.3) is 0 Å². The van der Waals surface area contributed by atoms with Crippen LogP contribution in [0.1, 0.15) is 33.1 Å². The predicted molar refractivity (Wildman–Crippen MR) is 97.8 cm³/mol. The van der Waals surface area contributed by atoms with Crippen LogP contribution in [0.4, 0.5) is 0 Å². The van der Waals surface area contributed by atoms with Crippen LogP contribution in [0, 0.1) is 0 Å². The van der Waals surface area contributed by atoms with E-state index in [1.54, 1.807) is 13.8 Å². The Morgan fingerprint density at radius 2 is 1.52 bits per heavy atom. The van der Waals surface area contributed by atoms with Crippen molar-refractivity contribution in [2.75, 3.05) is 26.2 Å². The molecule has 168 valence electrons. The Balaban J connectivity index is 0. The van der Waals surface area contributed by atoms with E-state index in [9.17, 15) is 29.1 Å². The van der Waals surface area contributed by atoms with Crippen molar-refractivity contribution in [1.82, 2.24) is 16.4 Å². The van der Waals surface area contributed by atoms with Crippen LogP contribution in [0.25, 0.3) is 0 Å². The van der Waals surface area contributed by atoms with E-state index < -0.39 is 48.0 Å². The van der Waals surface area contributed by atoms with Crippen molar-refractivity contribution in [3.05, 3.63) is 0 Å². The fourth-order valence-corrected chi connectivity index (χ4v) is 2.85. The number of hydrogen-bond donors (Lipinski definition) is 6.